The summed E-state index contributed by atoms with van der Waals surface area (Å²) in [6.45, 7) is 7.78. The van der Waals surface area contributed by atoms with Gasteiger partial charge in [-0.15, -0.1) is 0 Å². The molecule has 1 heteroatoms. The highest BCUT2D eigenvalue weighted by molar-refractivity contribution is 5.26. The van der Waals surface area contributed by atoms with E-state index in [9.17, 15) is 0 Å². The van der Waals surface area contributed by atoms with Crippen molar-refractivity contribution in [2.75, 3.05) is 6.54 Å². The normalized spacial score (nSPS) is 12.6. The van der Waals surface area contributed by atoms with Gasteiger partial charge in [0.1, 0.15) is 0 Å². The monoisotopic (exact) mass is 261 g/mol. The number of rotatable bonds is 10. The Morgan fingerprint density at radius 1 is 1.00 bits per heavy atom. The van der Waals surface area contributed by atoms with Crippen LogP contribution in [0.1, 0.15) is 76.5 Å². The Labute approximate surface area is 119 Å². The van der Waals surface area contributed by atoms with Crippen LogP contribution >= 0.6 is 0 Å². The van der Waals surface area contributed by atoms with Crippen molar-refractivity contribution in [1.82, 2.24) is 5.32 Å². The average molecular weight is 261 g/mol. The quantitative estimate of drug-likeness (QED) is 0.566. The molecule has 108 valence electrons. The van der Waals surface area contributed by atoms with Gasteiger partial charge in [-0.3, -0.25) is 0 Å². The minimum Gasteiger partial charge on any atom is -0.310 e. The summed E-state index contributed by atoms with van der Waals surface area (Å²) in [5.41, 5.74) is 2.96. The standard InChI is InChI=1S/C18H31N/c1-4-7-8-9-14-18(19-6-3)17-13-10-12-16(15-17)11-5-2/h10,12-13,15,18-19H,4-9,11,14H2,1-3H3. The van der Waals surface area contributed by atoms with E-state index >= 15 is 0 Å². The summed E-state index contributed by atoms with van der Waals surface area (Å²) in [6, 6.07) is 9.70. The van der Waals surface area contributed by atoms with Crippen LogP contribution < -0.4 is 5.32 Å². The molecule has 1 rings (SSSR count). The first-order chi connectivity index (χ1) is 9.31. The molecule has 1 unspecified atom stereocenters. The summed E-state index contributed by atoms with van der Waals surface area (Å²) >= 11 is 0. The van der Waals surface area contributed by atoms with E-state index < -0.39 is 0 Å². The van der Waals surface area contributed by atoms with E-state index in [0.717, 1.165) is 6.54 Å². The molecule has 0 spiro atoms. The highest BCUT2D eigenvalue weighted by Crippen LogP contribution is 2.21. The molecule has 1 nitrogen and oxygen atoms in total. The van der Waals surface area contributed by atoms with Gasteiger partial charge in [-0.25, -0.2) is 0 Å². The van der Waals surface area contributed by atoms with Crippen molar-refractivity contribution in [1.29, 1.82) is 0 Å². The van der Waals surface area contributed by atoms with Gasteiger partial charge in [0.25, 0.3) is 0 Å². The second kappa shape index (κ2) is 10.0. The third-order valence-electron chi connectivity index (χ3n) is 3.69. The van der Waals surface area contributed by atoms with Gasteiger partial charge in [0.05, 0.1) is 0 Å². The molecule has 1 atom stereocenters. The van der Waals surface area contributed by atoms with Gasteiger partial charge in [-0.1, -0.05) is 77.1 Å². The number of aryl methyl sites for hydroxylation is 1. The Morgan fingerprint density at radius 3 is 2.53 bits per heavy atom. The molecule has 0 aliphatic carbocycles. The van der Waals surface area contributed by atoms with Crippen molar-refractivity contribution in [3.05, 3.63) is 35.4 Å². The highest BCUT2D eigenvalue weighted by Gasteiger charge is 2.10. The van der Waals surface area contributed by atoms with E-state index in [1.165, 1.54) is 56.1 Å². The lowest BCUT2D eigenvalue weighted by molar-refractivity contribution is 0.481. The van der Waals surface area contributed by atoms with Crippen molar-refractivity contribution < 1.29 is 0 Å². The zero-order valence-electron chi connectivity index (χ0n) is 13.0. The van der Waals surface area contributed by atoms with Crippen LogP contribution in [0.25, 0.3) is 0 Å². The van der Waals surface area contributed by atoms with Crippen molar-refractivity contribution in [3.8, 4) is 0 Å². The first kappa shape index (κ1) is 16.2. The van der Waals surface area contributed by atoms with Gasteiger partial charge in [0, 0.05) is 6.04 Å². The predicted octanol–water partition coefficient (Wildman–Crippen LogP) is 5.26. The van der Waals surface area contributed by atoms with Crippen molar-refractivity contribution in [2.45, 2.75) is 71.8 Å². The van der Waals surface area contributed by atoms with Crippen LogP contribution in [0.3, 0.4) is 0 Å². The first-order valence-corrected chi connectivity index (χ1v) is 8.14. The number of unbranched alkanes of at least 4 members (excludes halogenated alkanes) is 3. The molecule has 0 heterocycles. The summed E-state index contributed by atoms with van der Waals surface area (Å²) in [4.78, 5) is 0. The minimum absolute atomic E-state index is 0.540. The molecule has 0 saturated heterocycles. The third-order valence-corrected chi connectivity index (χ3v) is 3.69. The second-order valence-electron chi connectivity index (χ2n) is 5.45. The van der Waals surface area contributed by atoms with Crippen LogP contribution in [0.4, 0.5) is 0 Å². The van der Waals surface area contributed by atoms with E-state index in [1.807, 2.05) is 0 Å². The number of hydrogen-bond acceptors (Lipinski definition) is 1. The average Bonchev–Trinajstić information content (AvgIpc) is 2.43. The maximum atomic E-state index is 3.65. The molecule has 1 N–H and O–H groups in total. The highest BCUT2D eigenvalue weighted by atomic mass is 14.9. The van der Waals surface area contributed by atoms with Gasteiger partial charge >= 0.3 is 0 Å². The molecule has 1 aromatic rings. The molecule has 0 aliphatic rings. The van der Waals surface area contributed by atoms with Crippen LogP contribution in [0.2, 0.25) is 0 Å². The van der Waals surface area contributed by atoms with Gasteiger partial charge in [-0.2, -0.15) is 0 Å². The summed E-state index contributed by atoms with van der Waals surface area (Å²) in [6.07, 6.45) is 9.08. The van der Waals surface area contributed by atoms with Gasteiger partial charge in [0.2, 0.25) is 0 Å². The maximum Gasteiger partial charge on any atom is 0.0320 e. The van der Waals surface area contributed by atoms with E-state index in [1.54, 1.807) is 0 Å². The molecule has 0 amide bonds. The fraction of sp³-hybridized carbons (Fsp3) is 0.667. The fourth-order valence-corrected chi connectivity index (χ4v) is 2.66. The summed E-state index contributed by atoms with van der Waals surface area (Å²) in [5, 5.41) is 3.65. The summed E-state index contributed by atoms with van der Waals surface area (Å²) < 4.78 is 0. The van der Waals surface area contributed by atoms with Crippen molar-refractivity contribution >= 4 is 0 Å². The molecule has 0 radical (unpaired) electrons. The maximum absolute atomic E-state index is 3.65. The molecule has 19 heavy (non-hydrogen) atoms. The van der Waals surface area contributed by atoms with Gasteiger partial charge in [-0.05, 0) is 30.5 Å². The molecule has 0 aliphatic heterocycles. The second-order valence-corrected chi connectivity index (χ2v) is 5.45. The van der Waals surface area contributed by atoms with Gasteiger partial charge < -0.3 is 5.32 Å². The lowest BCUT2D eigenvalue weighted by atomic mass is 9.97. The van der Waals surface area contributed by atoms with Crippen molar-refractivity contribution in [3.63, 3.8) is 0 Å². The van der Waals surface area contributed by atoms with Crippen LogP contribution in [0.5, 0.6) is 0 Å². The Morgan fingerprint density at radius 2 is 1.84 bits per heavy atom. The number of benzene rings is 1. The van der Waals surface area contributed by atoms with Crippen molar-refractivity contribution in [2.24, 2.45) is 0 Å². The zero-order valence-corrected chi connectivity index (χ0v) is 13.0. The molecule has 0 saturated carbocycles. The van der Waals surface area contributed by atoms with E-state index in [2.05, 4.69) is 50.4 Å². The Bertz CT molecular complexity index is 332. The molecular formula is C18H31N. The molecular weight excluding hydrogens is 230 g/mol. The summed E-state index contributed by atoms with van der Waals surface area (Å²) in [5.74, 6) is 0. The Hall–Kier alpha value is -0.820. The molecule has 0 bridgehead atoms. The van der Waals surface area contributed by atoms with Crippen LogP contribution in [0.15, 0.2) is 24.3 Å². The number of hydrogen-bond donors (Lipinski definition) is 1. The molecule has 1 aromatic carbocycles. The summed E-state index contributed by atoms with van der Waals surface area (Å²) in [7, 11) is 0. The van der Waals surface area contributed by atoms with E-state index in [-0.39, 0.29) is 0 Å². The van der Waals surface area contributed by atoms with E-state index in [0.29, 0.717) is 6.04 Å². The van der Waals surface area contributed by atoms with Crippen LogP contribution in [-0.2, 0) is 6.42 Å². The van der Waals surface area contributed by atoms with E-state index in [4.69, 9.17) is 0 Å². The topological polar surface area (TPSA) is 12.0 Å². The predicted molar refractivity (Wildman–Crippen MR) is 85.6 cm³/mol. The minimum atomic E-state index is 0.540. The lowest BCUT2D eigenvalue weighted by Crippen LogP contribution is -2.21. The smallest absolute Gasteiger partial charge is 0.0320 e. The zero-order chi connectivity index (χ0) is 13.9. The Balaban J connectivity index is 2.60. The van der Waals surface area contributed by atoms with Crippen LogP contribution in [0, 0.1) is 0 Å². The largest absolute Gasteiger partial charge is 0.310 e. The number of nitrogens with one attached hydrogen (secondary N) is 1. The molecule has 0 fully saturated rings. The van der Waals surface area contributed by atoms with Gasteiger partial charge in [0.15, 0.2) is 0 Å². The molecule has 0 aromatic heterocycles. The SMILES string of the molecule is CCCCCCC(NCC)c1cccc(CCC)c1. The first-order valence-electron chi connectivity index (χ1n) is 8.14. The Kier molecular flexibility index (Phi) is 8.57. The van der Waals surface area contributed by atoms with Crippen LogP contribution in [-0.4, -0.2) is 6.54 Å². The third kappa shape index (κ3) is 6.24. The fourth-order valence-electron chi connectivity index (χ4n) is 2.66. The lowest BCUT2D eigenvalue weighted by Gasteiger charge is -2.19.